The highest BCUT2D eigenvalue weighted by molar-refractivity contribution is 6.11. The lowest BCUT2D eigenvalue weighted by Crippen LogP contribution is -2.18. The van der Waals surface area contributed by atoms with E-state index in [4.69, 9.17) is 0 Å². The van der Waals surface area contributed by atoms with Crippen LogP contribution in [0.15, 0.2) is 90.6 Å². The Hall–Kier alpha value is -4.63. The first-order valence-corrected chi connectivity index (χ1v) is 11.0. The monoisotopic (exact) mass is 448 g/mol. The summed E-state index contributed by atoms with van der Waals surface area (Å²) in [7, 11) is 0. The van der Waals surface area contributed by atoms with Crippen LogP contribution in [0.25, 0.3) is 17.0 Å². The van der Waals surface area contributed by atoms with Crippen LogP contribution in [0.2, 0.25) is 0 Å². The van der Waals surface area contributed by atoms with Crippen LogP contribution in [0.1, 0.15) is 18.1 Å². The van der Waals surface area contributed by atoms with Crippen molar-refractivity contribution in [3.63, 3.8) is 0 Å². The fourth-order valence-electron chi connectivity index (χ4n) is 3.84. The van der Waals surface area contributed by atoms with Crippen LogP contribution in [-0.4, -0.2) is 16.4 Å². The van der Waals surface area contributed by atoms with Gasteiger partial charge in [0.05, 0.1) is 0 Å². The number of fused-ring (bicyclic) bond motifs is 1. The average molecular weight is 449 g/mol. The summed E-state index contributed by atoms with van der Waals surface area (Å²) in [5.41, 5.74) is 3.93. The third kappa shape index (κ3) is 5.05. The summed E-state index contributed by atoms with van der Waals surface area (Å²) in [6.45, 7) is 2.11. The van der Waals surface area contributed by atoms with Crippen molar-refractivity contribution in [3.8, 4) is 6.07 Å². The Morgan fingerprint density at radius 2 is 1.65 bits per heavy atom. The van der Waals surface area contributed by atoms with Crippen LogP contribution in [0.4, 0.5) is 11.4 Å². The van der Waals surface area contributed by atoms with E-state index >= 15 is 0 Å². The molecule has 6 nitrogen and oxygen atoms in total. The second-order valence-electron chi connectivity index (χ2n) is 7.78. The van der Waals surface area contributed by atoms with Gasteiger partial charge in [0.25, 0.3) is 5.91 Å². The first kappa shape index (κ1) is 22.6. The Bertz CT molecular complexity index is 1410. The minimum Gasteiger partial charge on any atom is -0.337 e. The van der Waals surface area contributed by atoms with E-state index in [1.54, 1.807) is 12.3 Å². The van der Waals surface area contributed by atoms with E-state index in [0.717, 1.165) is 28.6 Å². The number of amides is 2. The van der Waals surface area contributed by atoms with Gasteiger partial charge in [0.1, 0.15) is 18.2 Å². The topological polar surface area (TPSA) is 86.9 Å². The highest BCUT2D eigenvalue weighted by atomic mass is 16.2. The van der Waals surface area contributed by atoms with Gasteiger partial charge in [0.2, 0.25) is 5.91 Å². The molecule has 0 bridgehead atoms. The molecular weight excluding hydrogens is 424 g/mol. The maximum Gasteiger partial charge on any atom is 0.266 e. The molecule has 0 saturated heterocycles. The van der Waals surface area contributed by atoms with E-state index < -0.39 is 5.91 Å². The molecule has 4 rings (SSSR count). The van der Waals surface area contributed by atoms with Gasteiger partial charge in [-0.1, -0.05) is 61.5 Å². The van der Waals surface area contributed by atoms with Gasteiger partial charge in [-0.3, -0.25) is 9.59 Å². The number of hydrogen-bond acceptors (Lipinski definition) is 3. The Balaban J connectivity index is 1.61. The molecule has 6 heteroatoms. The Kier molecular flexibility index (Phi) is 6.85. The molecule has 0 saturated carbocycles. The van der Waals surface area contributed by atoms with Crippen LogP contribution in [0.5, 0.6) is 0 Å². The number of nitrogens with one attached hydrogen (secondary N) is 2. The Morgan fingerprint density at radius 3 is 2.41 bits per heavy atom. The predicted molar refractivity (Wildman–Crippen MR) is 135 cm³/mol. The van der Waals surface area contributed by atoms with Crippen molar-refractivity contribution in [2.24, 2.45) is 0 Å². The highest BCUT2D eigenvalue weighted by Crippen LogP contribution is 2.24. The van der Waals surface area contributed by atoms with Gasteiger partial charge in [-0.2, -0.15) is 5.26 Å². The van der Waals surface area contributed by atoms with Crippen molar-refractivity contribution in [1.82, 2.24) is 4.57 Å². The number of carbonyl (C=O) groups excluding carboxylic acids is 2. The Labute approximate surface area is 198 Å². The van der Waals surface area contributed by atoms with Crippen LogP contribution in [-0.2, 0) is 22.6 Å². The summed E-state index contributed by atoms with van der Waals surface area (Å²) in [6.07, 6.45) is 4.12. The first-order chi connectivity index (χ1) is 16.6. The lowest BCUT2D eigenvalue weighted by molar-refractivity contribution is -0.116. The number of nitriles is 1. The summed E-state index contributed by atoms with van der Waals surface area (Å²) < 4.78 is 1.82. The SMILES string of the molecule is CCc1ccccc1NC(=O)/C(C#N)=C/c1cn(CC(=O)Nc2ccccc2)c2ccccc12. The van der Waals surface area contributed by atoms with Crippen molar-refractivity contribution >= 4 is 40.2 Å². The van der Waals surface area contributed by atoms with E-state index in [-0.39, 0.29) is 18.0 Å². The second kappa shape index (κ2) is 10.3. The predicted octanol–water partition coefficient (Wildman–Crippen LogP) is 5.39. The molecule has 0 spiro atoms. The molecule has 2 N–H and O–H groups in total. The van der Waals surface area contributed by atoms with E-state index in [1.165, 1.54) is 0 Å². The number of aromatic nitrogens is 1. The summed E-state index contributed by atoms with van der Waals surface area (Å²) in [5.74, 6) is -0.640. The normalized spacial score (nSPS) is 11.1. The largest absolute Gasteiger partial charge is 0.337 e. The van der Waals surface area contributed by atoms with Gasteiger partial charge in [0, 0.05) is 34.0 Å². The van der Waals surface area contributed by atoms with Crippen molar-refractivity contribution in [1.29, 1.82) is 5.26 Å². The third-order valence-corrected chi connectivity index (χ3v) is 5.50. The van der Waals surface area contributed by atoms with Gasteiger partial charge in [-0.25, -0.2) is 0 Å². The first-order valence-electron chi connectivity index (χ1n) is 11.0. The van der Waals surface area contributed by atoms with Crippen molar-refractivity contribution in [2.45, 2.75) is 19.9 Å². The molecule has 4 aromatic rings. The number of para-hydroxylation sites is 3. The summed E-state index contributed by atoms with van der Waals surface area (Å²) in [6, 6.07) is 26.4. The van der Waals surface area contributed by atoms with Gasteiger partial charge in [0.15, 0.2) is 0 Å². The Morgan fingerprint density at radius 1 is 0.941 bits per heavy atom. The lowest BCUT2D eigenvalue weighted by Gasteiger charge is -2.08. The number of anilines is 2. The standard InChI is InChI=1S/C28H24N4O2/c1-2-20-10-6-8-14-25(20)31-28(34)21(17-29)16-22-18-32(26-15-9-7-13-24(22)26)19-27(33)30-23-11-4-3-5-12-23/h3-16,18H,2,19H2,1H3,(H,30,33)(H,31,34)/b21-16+. The molecule has 0 aliphatic carbocycles. The molecule has 1 aromatic heterocycles. The minimum absolute atomic E-state index is 0.0115. The smallest absolute Gasteiger partial charge is 0.266 e. The molecule has 34 heavy (non-hydrogen) atoms. The molecule has 3 aromatic carbocycles. The highest BCUT2D eigenvalue weighted by Gasteiger charge is 2.15. The zero-order chi connectivity index (χ0) is 23.9. The fraction of sp³-hybridized carbons (Fsp3) is 0.107. The third-order valence-electron chi connectivity index (χ3n) is 5.50. The van der Waals surface area contributed by atoms with Crippen LogP contribution in [0, 0.1) is 11.3 Å². The zero-order valence-corrected chi connectivity index (χ0v) is 18.8. The minimum atomic E-state index is -0.470. The number of hydrogen-bond donors (Lipinski definition) is 2. The number of rotatable bonds is 7. The number of nitrogens with zero attached hydrogens (tertiary/aromatic N) is 2. The fourth-order valence-corrected chi connectivity index (χ4v) is 3.84. The van der Waals surface area contributed by atoms with Crippen molar-refractivity contribution < 1.29 is 9.59 Å². The van der Waals surface area contributed by atoms with Gasteiger partial charge < -0.3 is 15.2 Å². The molecule has 1 heterocycles. The molecule has 0 fully saturated rings. The number of aryl methyl sites for hydroxylation is 1. The molecule has 0 atom stereocenters. The summed E-state index contributed by atoms with van der Waals surface area (Å²) in [4.78, 5) is 25.5. The van der Waals surface area contributed by atoms with E-state index in [2.05, 4.69) is 10.6 Å². The van der Waals surface area contributed by atoms with Gasteiger partial charge in [-0.15, -0.1) is 0 Å². The van der Waals surface area contributed by atoms with Crippen LogP contribution in [0.3, 0.4) is 0 Å². The van der Waals surface area contributed by atoms with Gasteiger partial charge in [-0.05, 0) is 42.3 Å². The van der Waals surface area contributed by atoms with E-state index in [0.29, 0.717) is 11.3 Å². The lowest BCUT2D eigenvalue weighted by atomic mass is 10.1. The van der Waals surface area contributed by atoms with Gasteiger partial charge >= 0.3 is 0 Å². The van der Waals surface area contributed by atoms with Crippen LogP contribution >= 0.6 is 0 Å². The van der Waals surface area contributed by atoms with E-state index in [9.17, 15) is 14.9 Å². The molecule has 2 amide bonds. The molecular formula is C28H24N4O2. The maximum absolute atomic E-state index is 12.9. The molecule has 0 aliphatic heterocycles. The summed E-state index contributed by atoms with van der Waals surface area (Å²) >= 11 is 0. The van der Waals surface area contributed by atoms with Crippen LogP contribution < -0.4 is 10.6 Å². The molecule has 0 radical (unpaired) electrons. The maximum atomic E-state index is 12.9. The number of carbonyl (C=O) groups is 2. The molecule has 0 aliphatic rings. The van der Waals surface area contributed by atoms with Crippen molar-refractivity contribution in [3.05, 3.63) is 102 Å². The van der Waals surface area contributed by atoms with E-state index in [1.807, 2.05) is 96.4 Å². The summed E-state index contributed by atoms with van der Waals surface area (Å²) in [5, 5.41) is 16.3. The van der Waals surface area contributed by atoms with Crippen molar-refractivity contribution in [2.75, 3.05) is 10.6 Å². The molecule has 0 unspecified atom stereocenters. The molecule has 168 valence electrons. The quantitative estimate of drug-likeness (QED) is 0.294. The second-order valence-corrected chi connectivity index (χ2v) is 7.78. The zero-order valence-electron chi connectivity index (χ0n) is 18.8. The number of benzene rings is 3. The average Bonchev–Trinajstić information content (AvgIpc) is 3.20.